The van der Waals surface area contributed by atoms with Crippen molar-refractivity contribution in [2.24, 2.45) is 43.3 Å². The van der Waals surface area contributed by atoms with Gasteiger partial charge < -0.3 is 39.3 Å². The SMILES string of the molecule is CC(=O)CCC(C)(C)C.CC(O)CCC(C)(C)C.CC(O)CCOC(C)CCC(C)(C)C.CC=CCC(C)(C)C.CCC(=O)C(CC(=O)C(C)(C)C)NC.CCC(C)(C)C.CCOC(C)CCC(C)(C)C.CCOC(C)CCOC(C)CCC(C)(C)C. The van der Waals surface area contributed by atoms with Crippen LogP contribution in [0.2, 0.25) is 0 Å². The molecule has 0 spiro atoms. The summed E-state index contributed by atoms with van der Waals surface area (Å²) in [5.74, 6) is 0.522. The standard InChI is InChI=1S/C14H30O2.C12H26O2.C11H21NO2.C10H22O.C8H18O.C8H16O.C8H16.C6H14/c1-7-15-13(3)9-11-16-12(2)8-10-14(4,5)6;1-10(13)7-9-14-11(2)6-8-12(3,4)5;1-6-9(13)8(12-5)7-10(14)11(2,3)4;1-6-11-9(2)7-8-10(3,4)5;2*1-7(9)5-6-8(2,3)4;1-5-6-7-8(2,3)4;1-5-6(2,3)4/h12-13H,7-11H2,1-6H3;10-11,13H,6-9H2,1-5H3;8,12H,6-7H2,1-5H3;9H,6-8H2,1-5H3;7,9H,5-6H2,1-4H3;5-6H2,1-4H3;5-6H,7H2,1-4H3;5H2,1-4H3. The van der Waals surface area contributed by atoms with Crippen molar-refractivity contribution in [2.45, 2.75) is 395 Å². The van der Waals surface area contributed by atoms with E-state index in [1.165, 1.54) is 38.5 Å². The van der Waals surface area contributed by atoms with Crippen LogP contribution in [0.15, 0.2) is 12.2 Å². The number of aliphatic hydroxyl groups excluding tert-OH is 2. The summed E-state index contributed by atoms with van der Waals surface area (Å²) < 4.78 is 22.3. The molecule has 0 saturated carbocycles. The molecule has 0 fully saturated rings. The lowest BCUT2D eigenvalue weighted by Gasteiger charge is -2.21. The number of carbonyl (C=O) groups is 3. The van der Waals surface area contributed by atoms with Gasteiger partial charge in [-0.15, -0.1) is 0 Å². The minimum absolute atomic E-state index is 0.102. The molecule has 0 aromatic carbocycles. The summed E-state index contributed by atoms with van der Waals surface area (Å²) in [6.45, 7) is 79.5. The van der Waals surface area contributed by atoms with Crippen molar-refractivity contribution in [3.8, 4) is 0 Å². The summed E-state index contributed by atoms with van der Waals surface area (Å²) in [6.07, 6.45) is 21.1. The fourth-order valence-electron chi connectivity index (χ4n) is 6.47. The van der Waals surface area contributed by atoms with E-state index in [1.54, 1.807) is 20.9 Å². The lowest BCUT2D eigenvalue weighted by atomic mass is 9.86. The normalized spacial score (nSPS) is 14.6. The Bertz CT molecular complexity index is 1560. The molecule has 7 unspecified atom stereocenters. The zero-order chi connectivity index (χ0) is 70.9. The maximum atomic E-state index is 11.7. The van der Waals surface area contributed by atoms with Gasteiger partial charge in [-0.05, 0) is 191 Å². The fourth-order valence-corrected chi connectivity index (χ4v) is 6.47. The molecule has 0 aromatic heterocycles. The number of Topliss-reactive ketones (excluding diaryl/α,β-unsaturated/α-hetero) is 3. The molecular weight excluding hydrogens is 1080 g/mol. The van der Waals surface area contributed by atoms with E-state index in [0.717, 1.165) is 71.2 Å². The van der Waals surface area contributed by atoms with Gasteiger partial charge in [0.05, 0.1) is 42.7 Å². The van der Waals surface area contributed by atoms with E-state index in [0.29, 0.717) is 87.6 Å². The minimum atomic E-state index is -0.358. The molecule has 530 valence electrons. The van der Waals surface area contributed by atoms with Crippen molar-refractivity contribution < 1.29 is 43.5 Å². The minimum Gasteiger partial charge on any atom is -0.393 e. The fraction of sp³-hybridized carbons (Fsp3) is 0.935. The first kappa shape index (κ1) is 102. The Morgan fingerprint density at radius 1 is 0.448 bits per heavy atom. The second-order valence-corrected chi connectivity index (χ2v) is 34.1. The number of nitrogens with one attached hydrogen (secondary N) is 1. The first-order valence-electron chi connectivity index (χ1n) is 34.6. The number of ketones is 3. The Balaban J connectivity index is -0.000000139. The smallest absolute Gasteiger partial charge is 0.149 e. The summed E-state index contributed by atoms with van der Waals surface area (Å²) in [6, 6.07) is -0.313. The van der Waals surface area contributed by atoms with Crippen LogP contribution >= 0.6 is 0 Å². The number of allylic oxidation sites excluding steroid dienone is 2. The molecule has 3 N–H and O–H groups in total. The van der Waals surface area contributed by atoms with Crippen molar-refractivity contribution in [1.29, 1.82) is 0 Å². The quantitative estimate of drug-likeness (QED) is 0.0649. The second-order valence-electron chi connectivity index (χ2n) is 34.1. The summed E-state index contributed by atoms with van der Waals surface area (Å²) in [5.41, 5.74) is 2.59. The van der Waals surface area contributed by atoms with Gasteiger partial charge in [-0.1, -0.05) is 199 Å². The van der Waals surface area contributed by atoms with E-state index in [2.05, 4.69) is 204 Å². The Morgan fingerprint density at radius 2 is 0.759 bits per heavy atom. The van der Waals surface area contributed by atoms with Gasteiger partial charge in [0.1, 0.15) is 17.3 Å². The van der Waals surface area contributed by atoms with Crippen LogP contribution in [0.25, 0.3) is 0 Å². The molecule has 87 heavy (non-hydrogen) atoms. The van der Waals surface area contributed by atoms with Crippen molar-refractivity contribution >= 4 is 17.3 Å². The number of carbonyl (C=O) groups excluding carboxylic acids is 3. The largest absolute Gasteiger partial charge is 0.393 e. The average Bonchev–Trinajstić information content (AvgIpc) is 3.34. The van der Waals surface area contributed by atoms with Crippen LogP contribution in [0.5, 0.6) is 0 Å². The monoisotopic (exact) mass is 1250 g/mol. The average molecular weight is 1250 g/mol. The van der Waals surface area contributed by atoms with Gasteiger partial charge in [0.25, 0.3) is 0 Å². The lowest BCUT2D eigenvalue weighted by Crippen LogP contribution is -2.38. The highest BCUT2D eigenvalue weighted by Gasteiger charge is 2.26. The summed E-state index contributed by atoms with van der Waals surface area (Å²) >= 11 is 0. The zero-order valence-electron chi connectivity index (χ0n) is 66.1. The van der Waals surface area contributed by atoms with E-state index in [4.69, 9.17) is 29.2 Å². The molecule has 0 saturated heterocycles. The highest BCUT2D eigenvalue weighted by molar-refractivity contribution is 5.92. The second kappa shape index (κ2) is 55.0. The van der Waals surface area contributed by atoms with E-state index in [1.807, 2.05) is 48.5 Å². The predicted molar refractivity (Wildman–Crippen MR) is 386 cm³/mol. The lowest BCUT2D eigenvalue weighted by molar-refractivity contribution is -0.130. The number of hydrogen-bond acceptors (Lipinski definition) is 10. The first-order valence-corrected chi connectivity index (χ1v) is 34.6. The third-order valence-electron chi connectivity index (χ3n) is 13.5. The highest BCUT2D eigenvalue weighted by atomic mass is 16.5. The molecule has 0 aromatic rings. The molecule has 0 aliphatic carbocycles. The number of rotatable bonds is 28. The van der Waals surface area contributed by atoms with Crippen LogP contribution in [0.4, 0.5) is 0 Å². The number of likely N-dealkylation sites (N-methyl/N-ethyl adjacent to an activating group) is 1. The molecule has 0 amide bonds. The number of ether oxygens (including phenoxy) is 4. The molecular formula is C77H163NO9. The number of hydrogen-bond donors (Lipinski definition) is 3. The summed E-state index contributed by atoms with van der Waals surface area (Å²) in [5, 5.41) is 20.8. The maximum Gasteiger partial charge on any atom is 0.149 e. The van der Waals surface area contributed by atoms with E-state index >= 15 is 0 Å². The summed E-state index contributed by atoms with van der Waals surface area (Å²) in [7, 11) is 1.72. The van der Waals surface area contributed by atoms with Crippen molar-refractivity contribution in [1.82, 2.24) is 5.32 Å². The van der Waals surface area contributed by atoms with Crippen LogP contribution < -0.4 is 5.32 Å². The van der Waals surface area contributed by atoms with Gasteiger partial charge in [-0.3, -0.25) is 9.59 Å². The van der Waals surface area contributed by atoms with Crippen molar-refractivity contribution in [2.75, 3.05) is 33.5 Å². The van der Waals surface area contributed by atoms with E-state index < -0.39 is 0 Å². The zero-order valence-corrected chi connectivity index (χ0v) is 66.1. The molecule has 10 nitrogen and oxygen atoms in total. The topological polar surface area (TPSA) is 141 Å². The molecule has 0 radical (unpaired) electrons. The molecule has 0 bridgehead atoms. The van der Waals surface area contributed by atoms with Crippen molar-refractivity contribution in [3.63, 3.8) is 0 Å². The van der Waals surface area contributed by atoms with Gasteiger partial charge in [0.15, 0.2) is 0 Å². The van der Waals surface area contributed by atoms with Gasteiger partial charge in [0, 0.05) is 51.1 Å². The van der Waals surface area contributed by atoms with E-state index in [-0.39, 0.29) is 35.2 Å². The first-order chi connectivity index (χ1) is 38.9. The van der Waals surface area contributed by atoms with Gasteiger partial charge >= 0.3 is 0 Å². The number of aliphatic hydroxyl groups is 2. The maximum absolute atomic E-state index is 11.7. The Labute approximate surface area is 547 Å². The van der Waals surface area contributed by atoms with Crippen molar-refractivity contribution in [3.05, 3.63) is 12.2 Å². The molecule has 0 rings (SSSR count). The van der Waals surface area contributed by atoms with Gasteiger partial charge in [-0.25, -0.2) is 0 Å². The van der Waals surface area contributed by atoms with Crippen LogP contribution in [0.3, 0.4) is 0 Å². The molecule has 10 heteroatoms. The van der Waals surface area contributed by atoms with Crippen LogP contribution in [-0.4, -0.2) is 104 Å². The Morgan fingerprint density at radius 3 is 0.966 bits per heavy atom. The summed E-state index contributed by atoms with van der Waals surface area (Å²) in [4.78, 5) is 33.5. The molecule has 0 aliphatic heterocycles. The third kappa shape index (κ3) is 109. The van der Waals surface area contributed by atoms with Gasteiger partial charge in [0.2, 0.25) is 0 Å². The van der Waals surface area contributed by atoms with Crippen LogP contribution in [0.1, 0.15) is 352 Å². The molecule has 0 heterocycles. The van der Waals surface area contributed by atoms with E-state index in [9.17, 15) is 14.4 Å². The van der Waals surface area contributed by atoms with Crippen LogP contribution in [-0.2, 0) is 33.3 Å². The Hall–Kier alpha value is -1.53. The highest BCUT2D eigenvalue weighted by Crippen LogP contribution is 2.26. The molecule has 0 aliphatic rings. The van der Waals surface area contributed by atoms with Gasteiger partial charge in [-0.2, -0.15) is 0 Å². The van der Waals surface area contributed by atoms with Crippen LogP contribution in [0, 0.1) is 43.3 Å². The third-order valence-corrected chi connectivity index (χ3v) is 13.5. The molecule has 7 atom stereocenters. The predicted octanol–water partition coefficient (Wildman–Crippen LogP) is 21.9. The Kier molecular flexibility index (Phi) is 64.2.